The van der Waals surface area contributed by atoms with Crippen LogP contribution in [0.15, 0.2) is 18.3 Å². The highest BCUT2D eigenvalue weighted by Gasteiger charge is 2.36. The summed E-state index contributed by atoms with van der Waals surface area (Å²) in [5, 5.41) is 14.0. The molecule has 1 aliphatic carbocycles. The Morgan fingerprint density at radius 3 is 3.00 bits per heavy atom. The molecule has 0 spiro atoms. The third-order valence-corrected chi connectivity index (χ3v) is 4.06. The van der Waals surface area contributed by atoms with Gasteiger partial charge in [-0.1, -0.05) is 0 Å². The molecule has 2 heterocycles. The Bertz CT molecular complexity index is 559. The lowest BCUT2D eigenvalue weighted by Crippen LogP contribution is -2.30. The molecule has 0 bridgehead atoms. The number of carbonyl (C=O) groups excluding carboxylic acids is 1. The van der Waals surface area contributed by atoms with E-state index in [1.54, 1.807) is 12.1 Å². The molecule has 21 heavy (non-hydrogen) atoms. The number of nitro groups is 1. The summed E-state index contributed by atoms with van der Waals surface area (Å²) in [6, 6.07) is 3.33. The smallest absolute Gasteiger partial charge is 0.378 e. The van der Waals surface area contributed by atoms with Crippen molar-refractivity contribution in [2.45, 2.75) is 19.3 Å². The molecular formula is C14H18N4O3. The molecule has 0 aromatic carbocycles. The van der Waals surface area contributed by atoms with Crippen LogP contribution >= 0.6 is 0 Å². The number of rotatable bonds is 5. The Hall–Kier alpha value is -2.18. The summed E-state index contributed by atoms with van der Waals surface area (Å²) in [7, 11) is 0. The second kappa shape index (κ2) is 5.67. The van der Waals surface area contributed by atoms with Crippen LogP contribution in [0.3, 0.4) is 0 Å². The minimum Gasteiger partial charge on any atom is -0.378 e. The quantitative estimate of drug-likeness (QED) is 0.658. The monoisotopic (exact) mass is 290 g/mol. The zero-order valence-electron chi connectivity index (χ0n) is 11.7. The molecule has 0 unspecified atom stereocenters. The van der Waals surface area contributed by atoms with Crippen LogP contribution in [0.25, 0.3) is 0 Å². The minimum absolute atomic E-state index is 0.151. The standard InChI is InChI=1S/C14H18N4O3/c19-14(11-3-4-11)17-7-5-10(9-17)8-16-12-2-1-6-15-13(12)18(20)21/h1-2,6,10-11,16H,3-5,7-9H2/t10-/m0/s1. The SMILES string of the molecule is O=C(C1CC1)N1CC[C@@H](CNc2cccnc2[N+](=O)[O-])C1. The first-order valence-electron chi connectivity index (χ1n) is 7.27. The van der Waals surface area contributed by atoms with Gasteiger partial charge in [0.1, 0.15) is 11.9 Å². The Labute approximate surface area is 122 Å². The minimum atomic E-state index is -0.486. The number of nitrogens with one attached hydrogen (secondary N) is 1. The fraction of sp³-hybridized carbons (Fsp3) is 0.571. The third kappa shape index (κ3) is 3.12. The number of amides is 1. The van der Waals surface area contributed by atoms with Crippen molar-refractivity contribution < 1.29 is 9.72 Å². The second-order valence-corrected chi connectivity index (χ2v) is 5.73. The highest BCUT2D eigenvalue weighted by molar-refractivity contribution is 5.81. The van der Waals surface area contributed by atoms with Crippen LogP contribution in [0.5, 0.6) is 0 Å². The van der Waals surface area contributed by atoms with E-state index in [0.29, 0.717) is 18.2 Å². The van der Waals surface area contributed by atoms with Crippen molar-refractivity contribution in [3.8, 4) is 0 Å². The van der Waals surface area contributed by atoms with Crippen molar-refractivity contribution in [2.24, 2.45) is 11.8 Å². The van der Waals surface area contributed by atoms with Gasteiger partial charge in [0.05, 0.1) is 0 Å². The topological polar surface area (TPSA) is 88.4 Å². The normalized spacial score (nSPS) is 21.3. The van der Waals surface area contributed by atoms with Crippen molar-refractivity contribution in [3.63, 3.8) is 0 Å². The Kier molecular flexibility index (Phi) is 3.72. The van der Waals surface area contributed by atoms with E-state index >= 15 is 0 Å². The van der Waals surface area contributed by atoms with Gasteiger partial charge in [0.15, 0.2) is 0 Å². The first kappa shape index (κ1) is 13.8. The number of pyridine rings is 1. The maximum Gasteiger partial charge on any atom is 0.386 e. The van der Waals surface area contributed by atoms with Gasteiger partial charge in [0, 0.05) is 25.6 Å². The van der Waals surface area contributed by atoms with Crippen LogP contribution in [-0.2, 0) is 4.79 Å². The molecule has 1 saturated carbocycles. The lowest BCUT2D eigenvalue weighted by molar-refractivity contribution is -0.388. The molecule has 7 nitrogen and oxygen atoms in total. The fourth-order valence-electron chi connectivity index (χ4n) is 2.72. The van der Waals surface area contributed by atoms with Crippen molar-refractivity contribution >= 4 is 17.4 Å². The average molecular weight is 290 g/mol. The van der Waals surface area contributed by atoms with Crippen LogP contribution in [0, 0.1) is 22.0 Å². The molecule has 2 aliphatic rings. The van der Waals surface area contributed by atoms with Gasteiger partial charge in [-0.2, -0.15) is 0 Å². The molecule has 1 amide bonds. The molecule has 1 atom stereocenters. The Morgan fingerprint density at radius 1 is 1.48 bits per heavy atom. The number of hydrogen-bond donors (Lipinski definition) is 1. The maximum absolute atomic E-state index is 12.0. The third-order valence-electron chi connectivity index (χ3n) is 4.06. The van der Waals surface area contributed by atoms with Gasteiger partial charge in [0.2, 0.25) is 5.91 Å². The summed E-state index contributed by atoms with van der Waals surface area (Å²) < 4.78 is 0. The average Bonchev–Trinajstić information content (AvgIpc) is 3.23. The van der Waals surface area contributed by atoms with Crippen molar-refractivity contribution in [3.05, 3.63) is 28.4 Å². The molecule has 112 valence electrons. The fourth-order valence-corrected chi connectivity index (χ4v) is 2.72. The summed E-state index contributed by atoms with van der Waals surface area (Å²) in [5.41, 5.74) is 0.439. The predicted octanol–water partition coefficient (Wildman–Crippen LogP) is 1.66. The van der Waals surface area contributed by atoms with Gasteiger partial charge in [-0.05, 0) is 47.2 Å². The first-order chi connectivity index (χ1) is 10.1. The molecule has 7 heteroatoms. The summed E-state index contributed by atoms with van der Waals surface area (Å²) in [4.78, 5) is 28.1. The van der Waals surface area contributed by atoms with E-state index in [2.05, 4.69) is 10.3 Å². The van der Waals surface area contributed by atoms with E-state index in [0.717, 1.165) is 32.4 Å². The van der Waals surface area contributed by atoms with E-state index in [1.165, 1.54) is 6.20 Å². The molecular weight excluding hydrogens is 272 g/mol. The Morgan fingerprint density at radius 2 is 2.29 bits per heavy atom. The molecule has 3 rings (SSSR count). The van der Waals surface area contributed by atoms with E-state index in [9.17, 15) is 14.9 Å². The number of aromatic nitrogens is 1. The van der Waals surface area contributed by atoms with Crippen LogP contribution in [0.4, 0.5) is 11.5 Å². The first-order valence-corrected chi connectivity index (χ1v) is 7.27. The van der Waals surface area contributed by atoms with Gasteiger partial charge in [-0.15, -0.1) is 0 Å². The van der Waals surface area contributed by atoms with Crippen LogP contribution in [0.1, 0.15) is 19.3 Å². The van der Waals surface area contributed by atoms with Crippen molar-refractivity contribution in [2.75, 3.05) is 25.0 Å². The molecule has 1 aromatic rings. The zero-order chi connectivity index (χ0) is 14.8. The number of nitrogens with zero attached hydrogens (tertiary/aromatic N) is 3. The van der Waals surface area contributed by atoms with E-state index in [1.807, 2.05) is 4.90 Å². The number of anilines is 1. The summed E-state index contributed by atoms with van der Waals surface area (Å²) in [6.45, 7) is 2.17. The molecule has 0 radical (unpaired) electrons. The maximum atomic E-state index is 12.0. The van der Waals surface area contributed by atoms with Crippen LogP contribution < -0.4 is 5.32 Å². The van der Waals surface area contributed by atoms with Crippen LogP contribution in [0.2, 0.25) is 0 Å². The summed E-state index contributed by atoms with van der Waals surface area (Å²) in [5.74, 6) is 0.731. The van der Waals surface area contributed by atoms with E-state index < -0.39 is 4.92 Å². The van der Waals surface area contributed by atoms with Crippen LogP contribution in [-0.4, -0.2) is 40.3 Å². The molecule has 1 saturated heterocycles. The van der Waals surface area contributed by atoms with Crippen molar-refractivity contribution in [1.82, 2.24) is 9.88 Å². The lowest BCUT2D eigenvalue weighted by Gasteiger charge is -2.16. The molecule has 1 aliphatic heterocycles. The van der Waals surface area contributed by atoms with E-state index in [4.69, 9.17) is 0 Å². The number of hydrogen-bond acceptors (Lipinski definition) is 5. The number of likely N-dealkylation sites (tertiary alicyclic amines) is 1. The van der Waals surface area contributed by atoms with Gasteiger partial charge < -0.3 is 20.3 Å². The van der Waals surface area contributed by atoms with Gasteiger partial charge in [-0.3, -0.25) is 4.79 Å². The van der Waals surface area contributed by atoms with Crippen molar-refractivity contribution in [1.29, 1.82) is 0 Å². The second-order valence-electron chi connectivity index (χ2n) is 5.73. The Balaban J connectivity index is 1.54. The number of carbonyl (C=O) groups is 1. The highest BCUT2D eigenvalue weighted by Crippen LogP contribution is 2.33. The van der Waals surface area contributed by atoms with Gasteiger partial charge >= 0.3 is 5.82 Å². The van der Waals surface area contributed by atoms with Gasteiger partial charge in [0.25, 0.3) is 0 Å². The predicted molar refractivity (Wildman–Crippen MR) is 76.8 cm³/mol. The summed E-state index contributed by atoms with van der Waals surface area (Å²) >= 11 is 0. The van der Waals surface area contributed by atoms with E-state index in [-0.39, 0.29) is 17.6 Å². The molecule has 2 fully saturated rings. The summed E-state index contributed by atoms with van der Waals surface area (Å²) in [6.07, 6.45) is 4.41. The zero-order valence-corrected chi connectivity index (χ0v) is 11.7. The molecule has 1 N–H and O–H groups in total. The lowest BCUT2D eigenvalue weighted by atomic mass is 10.1. The highest BCUT2D eigenvalue weighted by atomic mass is 16.6. The molecule has 1 aromatic heterocycles. The van der Waals surface area contributed by atoms with Gasteiger partial charge in [-0.25, -0.2) is 0 Å². The largest absolute Gasteiger partial charge is 0.386 e.